The molecule has 0 saturated carbocycles. The number of nitrogens with one attached hydrogen (secondary N) is 2. The van der Waals surface area contributed by atoms with E-state index in [1.807, 2.05) is 13.0 Å². The lowest BCUT2D eigenvalue weighted by Gasteiger charge is -2.03. The van der Waals surface area contributed by atoms with Crippen molar-refractivity contribution in [2.24, 2.45) is 5.10 Å². The van der Waals surface area contributed by atoms with Crippen LogP contribution in [0.5, 0.6) is 5.75 Å². The fourth-order valence-corrected chi connectivity index (χ4v) is 2.18. The van der Waals surface area contributed by atoms with Crippen molar-refractivity contribution in [1.29, 1.82) is 0 Å². The summed E-state index contributed by atoms with van der Waals surface area (Å²) >= 11 is 0. The normalized spacial score (nSPS) is 11.5. The largest absolute Gasteiger partial charge is 0.507 e. The zero-order chi connectivity index (χ0) is 17.1. The Bertz CT molecular complexity index is 908. The van der Waals surface area contributed by atoms with Gasteiger partial charge in [-0.1, -0.05) is 12.1 Å². The van der Waals surface area contributed by atoms with Crippen LogP contribution in [0.15, 0.2) is 52.0 Å². The van der Waals surface area contributed by atoms with Crippen LogP contribution in [0.3, 0.4) is 0 Å². The number of amides is 1. The summed E-state index contributed by atoms with van der Waals surface area (Å²) < 4.78 is 5.47. The van der Waals surface area contributed by atoms with Crippen LogP contribution >= 0.6 is 0 Å². The average Bonchev–Trinajstić information content (AvgIpc) is 3.21. The number of aromatic amines is 1. The van der Waals surface area contributed by atoms with E-state index in [4.69, 9.17) is 4.42 Å². The van der Waals surface area contributed by atoms with Gasteiger partial charge in [-0.3, -0.25) is 9.89 Å². The second-order valence-corrected chi connectivity index (χ2v) is 5.23. The number of aryl methyl sites for hydroxylation is 1. The molecule has 7 nitrogen and oxygen atoms in total. The van der Waals surface area contributed by atoms with Crippen LogP contribution < -0.4 is 5.43 Å². The predicted molar refractivity (Wildman–Crippen MR) is 88.8 cm³/mol. The molecule has 0 aliphatic heterocycles. The van der Waals surface area contributed by atoms with E-state index in [1.54, 1.807) is 43.3 Å². The molecule has 0 spiro atoms. The maximum absolute atomic E-state index is 12.1. The zero-order valence-corrected chi connectivity index (χ0v) is 13.2. The first-order chi connectivity index (χ1) is 11.5. The second-order valence-electron chi connectivity index (χ2n) is 5.23. The molecule has 3 N–H and O–H groups in total. The van der Waals surface area contributed by atoms with Gasteiger partial charge in [-0.2, -0.15) is 10.2 Å². The molecule has 122 valence electrons. The number of phenolic OH excluding ortho intramolecular Hbond substituents is 1. The Morgan fingerprint density at radius 3 is 2.79 bits per heavy atom. The molecule has 0 saturated heterocycles. The van der Waals surface area contributed by atoms with Gasteiger partial charge in [0, 0.05) is 11.6 Å². The standard InChI is InChI=1S/C17H16N4O3/c1-10-7-8-16(24-10)13-9-14(20-19-13)17(23)21-18-11(2)12-5-3-4-6-15(12)22/h3-9,22H,1-2H3,(H,19,20)(H,21,23)/b18-11+. The number of benzene rings is 1. The predicted octanol–water partition coefficient (Wildman–Crippen LogP) is 2.84. The highest BCUT2D eigenvalue weighted by molar-refractivity contribution is 6.02. The molecule has 3 rings (SSSR count). The van der Waals surface area contributed by atoms with Crippen molar-refractivity contribution in [3.8, 4) is 17.2 Å². The highest BCUT2D eigenvalue weighted by atomic mass is 16.3. The summed E-state index contributed by atoms with van der Waals surface area (Å²) in [6.07, 6.45) is 0. The molecule has 24 heavy (non-hydrogen) atoms. The highest BCUT2D eigenvalue weighted by Crippen LogP contribution is 2.20. The number of rotatable bonds is 4. The van der Waals surface area contributed by atoms with Crippen LogP contribution in [0.1, 0.15) is 28.7 Å². The molecule has 0 radical (unpaired) electrons. The van der Waals surface area contributed by atoms with E-state index in [0.29, 0.717) is 22.7 Å². The van der Waals surface area contributed by atoms with Gasteiger partial charge in [0.05, 0.1) is 5.71 Å². The molecule has 7 heteroatoms. The molecule has 0 fully saturated rings. The van der Waals surface area contributed by atoms with E-state index in [1.165, 1.54) is 0 Å². The number of aromatic nitrogens is 2. The van der Waals surface area contributed by atoms with Crippen molar-refractivity contribution in [2.45, 2.75) is 13.8 Å². The van der Waals surface area contributed by atoms with Crippen molar-refractivity contribution in [1.82, 2.24) is 15.6 Å². The van der Waals surface area contributed by atoms with Crippen LogP contribution in [0, 0.1) is 6.92 Å². The number of furan rings is 1. The van der Waals surface area contributed by atoms with Gasteiger partial charge in [0.25, 0.3) is 5.91 Å². The number of carbonyl (C=O) groups excluding carboxylic acids is 1. The Morgan fingerprint density at radius 2 is 2.08 bits per heavy atom. The Balaban J connectivity index is 1.73. The Morgan fingerprint density at radius 1 is 1.29 bits per heavy atom. The molecule has 1 aromatic carbocycles. The van der Waals surface area contributed by atoms with Gasteiger partial charge in [0.15, 0.2) is 11.5 Å². The molecule has 3 aromatic rings. The molecule has 0 bridgehead atoms. The summed E-state index contributed by atoms with van der Waals surface area (Å²) in [4.78, 5) is 12.1. The summed E-state index contributed by atoms with van der Waals surface area (Å²) in [6.45, 7) is 3.53. The topological polar surface area (TPSA) is 104 Å². The highest BCUT2D eigenvalue weighted by Gasteiger charge is 2.13. The first kappa shape index (κ1) is 15.5. The van der Waals surface area contributed by atoms with Crippen molar-refractivity contribution in [2.75, 3.05) is 0 Å². The van der Waals surface area contributed by atoms with Crippen LogP contribution in [0.2, 0.25) is 0 Å². The third kappa shape index (κ3) is 3.19. The van der Waals surface area contributed by atoms with Gasteiger partial charge in [0.1, 0.15) is 17.2 Å². The minimum absolute atomic E-state index is 0.100. The zero-order valence-electron chi connectivity index (χ0n) is 13.2. The summed E-state index contributed by atoms with van der Waals surface area (Å²) in [5.74, 6) is 1.01. The van der Waals surface area contributed by atoms with E-state index < -0.39 is 5.91 Å². The van der Waals surface area contributed by atoms with Gasteiger partial charge in [-0.15, -0.1) is 0 Å². The lowest BCUT2D eigenvalue weighted by molar-refractivity contribution is 0.0950. The quantitative estimate of drug-likeness (QED) is 0.507. The molecule has 1 amide bonds. The van der Waals surface area contributed by atoms with Crippen molar-refractivity contribution >= 4 is 11.6 Å². The van der Waals surface area contributed by atoms with Gasteiger partial charge in [-0.05, 0) is 38.1 Å². The minimum atomic E-state index is -0.462. The Hall–Kier alpha value is -3.35. The van der Waals surface area contributed by atoms with E-state index in [-0.39, 0.29) is 11.4 Å². The summed E-state index contributed by atoms with van der Waals surface area (Å²) in [7, 11) is 0. The van der Waals surface area contributed by atoms with E-state index in [2.05, 4.69) is 20.7 Å². The fourth-order valence-electron chi connectivity index (χ4n) is 2.18. The smallest absolute Gasteiger partial charge is 0.291 e. The Labute approximate surface area is 138 Å². The van der Waals surface area contributed by atoms with Gasteiger partial charge >= 0.3 is 0 Å². The SMILES string of the molecule is C/C(=N\NC(=O)c1cc(-c2ccc(C)o2)[nH]n1)c1ccccc1O. The molecule has 0 atom stereocenters. The second kappa shape index (κ2) is 6.41. The Kier molecular flexibility index (Phi) is 4.15. The van der Waals surface area contributed by atoms with Gasteiger partial charge in [-0.25, -0.2) is 5.43 Å². The third-order valence-electron chi connectivity index (χ3n) is 3.44. The van der Waals surface area contributed by atoms with Crippen LogP contribution in [-0.4, -0.2) is 26.9 Å². The summed E-state index contributed by atoms with van der Waals surface area (Å²) in [6, 6.07) is 12.0. The molecule has 0 aliphatic rings. The van der Waals surface area contributed by atoms with Crippen molar-refractivity contribution in [3.63, 3.8) is 0 Å². The van der Waals surface area contributed by atoms with E-state index in [0.717, 1.165) is 5.76 Å². The van der Waals surface area contributed by atoms with Crippen LogP contribution in [0.25, 0.3) is 11.5 Å². The minimum Gasteiger partial charge on any atom is -0.507 e. The average molecular weight is 324 g/mol. The number of nitrogens with zero attached hydrogens (tertiary/aromatic N) is 2. The maximum atomic E-state index is 12.1. The number of carbonyl (C=O) groups is 1. The first-order valence-electron chi connectivity index (χ1n) is 7.30. The number of para-hydroxylation sites is 1. The number of H-pyrrole nitrogens is 1. The molecule has 2 heterocycles. The number of aromatic hydroxyl groups is 1. The molecular weight excluding hydrogens is 308 g/mol. The summed E-state index contributed by atoms with van der Waals surface area (Å²) in [5.41, 5.74) is 4.25. The van der Waals surface area contributed by atoms with Crippen LogP contribution in [0.4, 0.5) is 0 Å². The van der Waals surface area contributed by atoms with Gasteiger partial charge < -0.3 is 9.52 Å². The third-order valence-corrected chi connectivity index (χ3v) is 3.44. The number of phenols is 1. The molecule has 2 aromatic heterocycles. The maximum Gasteiger partial charge on any atom is 0.291 e. The number of hydrogen-bond acceptors (Lipinski definition) is 5. The van der Waals surface area contributed by atoms with E-state index >= 15 is 0 Å². The molecular formula is C17H16N4O3. The van der Waals surface area contributed by atoms with E-state index in [9.17, 15) is 9.90 Å². The van der Waals surface area contributed by atoms with Crippen molar-refractivity contribution in [3.05, 3.63) is 59.5 Å². The lowest BCUT2D eigenvalue weighted by atomic mass is 10.1. The molecule has 0 unspecified atom stereocenters. The van der Waals surface area contributed by atoms with Crippen molar-refractivity contribution < 1.29 is 14.3 Å². The molecule has 0 aliphatic carbocycles. The fraction of sp³-hybridized carbons (Fsp3) is 0.118. The summed E-state index contributed by atoms with van der Waals surface area (Å²) in [5, 5.41) is 20.5. The first-order valence-corrected chi connectivity index (χ1v) is 7.30. The van der Waals surface area contributed by atoms with Gasteiger partial charge in [0.2, 0.25) is 0 Å². The monoisotopic (exact) mass is 324 g/mol. The number of hydrogen-bond donors (Lipinski definition) is 3. The number of hydrazone groups is 1. The lowest BCUT2D eigenvalue weighted by Crippen LogP contribution is -2.19. The van der Waals surface area contributed by atoms with Crippen LogP contribution in [-0.2, 0) is 0 Å².